The number of benzene rings is 2. The molecule has 0 radical (unpaired) electrons. The number of para-hydroxylation sites is 1. The summed E-state index contributed by atoms with van der Waals surface area (Å²) in [7, 11) is 2.77. The normalized spacial score (nSPS) is 10.7. The number of methoxy groups -OCH3 is 2. The van der Waals surface area contributed by atoms with E-state index in [1.54, 1.807) is 0 Å². The van der Waals surface area contributed by atoms with E-state index in [1.165, 1.54) is 49.0 Å². The van der Waals surface area contributed by atoms with E-state index in [0.717, 1.165) is 20.8 Å². The number of anilines is 1. The van der Waals surface area contributed by atoms with Gasteiger partial charge in [0.25, 0.3) is 11.6 Å². The molecule has 1 N–H and O–H groups in total. The first-order valence-electron chi connectivity index (χ1n) is 8.67. The summed E-state index contributed by atoms with van der Waals surface area (Å²) in [6, 6.07) is 12.1. The maximum Gasteiger partial charge on any atom is 0.286 e. The van der Waals surface area contributed by atoms with E-state index in [1.807, 2.05) is 35.7 Å². The fraction of sp³-hybridized carbons (Fsp3) is 0.100. The van der Waals surface area contributed by atoms with E-state index in [0.29, 0.717) is 5.00 Å². The van der Waals surface area contributed by atoms with Crippen LogP contribution in [0.1, 0.15) is 10.4 Å². The predicted molar refractivity (Wildman–Crippen MR) is 117 cm³/mol. The van der Waals surface area contributed by atoms with Gasteiger partial charge in [0.1, 0.15) is 15.6 Å². The predicted octanol–water partition coefficient (Wildman–Crippen LogP) is 5.20. The lowest BCUT2D eigenvalue weighted by atomic mass is 10.1. The number of nitro benzene ring substituents is 1. The Morgan fingerprint density at radius 1 is 1.13 bits per heavy atom. The number of carbonyl (C=O) groups excluding carboxylic acids is 1. The average molecular weight is 441 g/mol. The summed E-state index contributed by atoms with van der Waals surface area (Å²) in [4.78, 5) is 28.4. The zero-order chi connectivity index (χ0) is 21.3. The van der Waals surface area contributed by atoms with Gasteiger partial charge < -0.3 is 14.8 Å². The van der Waals surface area contributed by atoms with Crippen LogP contribution in [0.3, 0.4) is 0 Å². The third-order valence-electron chi connectivity index (χ3n) is 4.36. The molecule has 0 aliphatic heterocycles. The van der Waals surface area contributed by atoms with Gasteiger partial charge in [-0.2, -0.15) is 0 Å². The van der Waals surface area contributed by atoms with Crippen molar-refractivity contribution in [2.45, 2.75) is 0 Å². The minimum Gasteiger partial charge on any atom is -0.493 e. The van der Waals surface area contributed by atoms with Crippen LogP contribution in [0.15, 0.2) is 47.8 Å². The number of ether oxygens (including phenoxy) is 2. The molecule has 8 nitrogen and oxygen atoms in total. The molecule has 2 aromatic heterocycles. The fourth-order valence-electron chi connectivity index (χ4n) is 2.93. The van der Waals surface area contributed by atoms with Gasteiger partial charge in [0, 0.05) is 11.6 Å². The summed E-state index contributed by atoms with van der Waals surface area (Å²) in [5.41, 5.74) is 1.14. The van der Waals surface area contributed by atoms with Crippen molar-refractivity contribution >= 4 is 49.5 Å². The van der Waals surface area contributed by atoms with Crippen molar-refractivity contribution in [1.82, 2.24) is 4.98 Å². The number of nitrogens with one attached hydrogen (secondary N) is 1. The Bertz CT molecular complexity index is 1230. The van der Waals surface area contributed by atoms with Crippen molar-refractivity contribution in [3.63, 3.8) is 0 Å². The molecule has 4 rings (SSSR count). The smallest absolute Gasteiger partial charge is 0.286 e. The van der Waals surface area contributed by atoms with Gasteiger partial charge in [-0.25, -0.2) is 4.98 Å². The van der Waals surface area contributed by atoms with Crippen LogP contribution in [0, 0.1) is 10.1 Å². The summed E-state index contributed by atoms with van der Waals surface area (Å²) >= 11 is 2.83. The molecular formula is C20H15N3O5S2. The topological polar surface area (TPSA) is 104 Å². The second kappa shape index (κ2) is 8.09. The van der Waals surface area contributed by atoms with E-state index >= 15 is 0 Å². The first-order chi connectivity index (χ1) is 14.5. The second-order valence-electron chi connectivity index (χ2n) is 6.09. The summed E-state index contributed by atoms with van der Waals surface area (Å²) < 4.78 is 11.3. The van der Waals surface area contributed by atoms with Crippen LogP contribution in [0.25, 0.3) is 20.8 Å². The molecule has 2 aromatic carbocycles. The summed E-state index contributed by atoms with van der Waals surface area (Å²) in [5, 5.41) is 17.4. The average Bonchev–Trinajstić information content (AvgIpc) is 3.38. The van der Waals surface area contributed by atoms with Gasteiger partial charge in [0.05, 0.1) is 35.4 Å². The molecule has 0 bridgehead atoms. The number of hydrogen-bond acceptors (Lipinski definition) is 8. The molecule has 0 atom stereocenters. The second-order valence-corrected chi connectivity index (χ2v) is 8.03. The van der Waals surface area contributed by atoms with Crippen LogP contribution in [-0.4, -0.2) is 30.0 Å². The zero-order valence-electron chi connectivity index (χ0n) is 15.9. The highest BCUT2D eigenvalue weighted by Crippen LogP contribution is 2.39. The Hall–Kier alpha value is -3.50. The van der Waals surface area contributed by atoms with E-state index in [2.05, 4.69) is 10.3 Å². The largest absolute Gasteiger partial charge is 0.493 e. The Kier molecular flexibility index (Phi) is 5.34. The lowest BCUT2D eigenvalue weighted by Gasteiger charge is -2.11. The van der Waals surface area contributed by atoms with E-state index in [4.69, 9.17) is 9.47 Å². The van der Waals surface area contributed by atoms with Gasteiger partial charge in [-0.3, -0.25) is 14.9 Å². The third kappa shape index (κ3) is 3.58. The number of nitrogens with zero attached hydrogens (tertiary/aromatic N) is 2. The highest BCUT2D eigenvalue weighted by Gasteiger charge is 2.26. The summed E-state index contributed by atoms with van der Waals surface area (Å²) in [5.74, 6) is -0.217. The summed E-state index contributed by atoms with van der Waals surface area (Å²) in [6.45, 7) is 0. The highest BCUT2D eigenvalue weighted by atomic mass is 32.1. The van der Waals surface area contributed by atoms with Crippen LogP contribution < -0.4 is 14.8 Å². The van der Waals surface area contributed by atoms with Crippen molar-refractivity contribution in [2.24, 2.45) is 0 Å². The van der Waals surface area contributed by atoms with Gasteiger partial charge in [-0.1, -0.05) is 12.1 Å². The quantitative estimate of drug-likeness (QED) is 0.326. The third-order valence-corrected chi connectivity index (χ3v) is 6.26. The number of thiophene rings is 1. The Balaban J connectivity index is 1.70. The Morgan fingerprint density at radius 3 is 2.57 bits per heavy atom. The molecule has 10 heteroatoms. The van der Waals surface area contributed by atoms with Crippen LogP contribution in [0.2, 0.25) is 0 Å². The molecular weight excluding hydrogens is 426 g/mol. The number of fused-ring (bicyclic) bond motifs is 1. The standard InChI is InChI=1S/C20H15N3O5S2/c1-27-15-9-12(14(23(25)26)10-16(15)28-2)18(24)22-19-11(7-8-29-19)20-21-13-5-3-4-6-17(13)30-20/h3-10H,1-2H3,(H,22,24). The Labute approximate surface area is 178 Å². The molecule has 2 heterocycles. The highest BCUT2D eigenvalue weighted by molar-refractivity contribution is 7.22. The maximum atomic E-state index is 12.9. The van der Waals surface area contributed by atoms with Crippen LogP contribution >= 0.6 is 22.7 Å². The molecule has 30 heavy (non-hydrogen) atoms. The van der Waals surface area contributed by atoms with Crippen molar-refractivity contribution in [3.8, 4) is 22.1 Å². The number of aromatic nitrogens is 1. The number of hydrogen-bond donors (Lipinski definition) is 1. The van der Waals surface area contributed by atoms with Crippen LogP contribution in [0.4, 0.5) is 10.7 Å². The summed E-state index contributed by atoms with van der Waals surface area (Å²) in [6.07, 6.45) is 0. The SMILES string of the molecule is COc1cc(C(=O)Nc2sccc2-c2nc3ccccc3s2)c([N+](=O)[O-])cc1OC. The van der Waals surface area contributed by atoms with Gasteiger partial charge in [-0.05, 0) is 23.6 Å². The molecule has 0 spiro atoms. The number of thiazole rings is 1. The number of nitro groups is 1. The minimum absolute atomic E-state index is 0.124. The van der Waals surface area contributed by atoms with Crippen molar-refractivity contribution < 1.29 is 19.2 Å². The zero-order valence-corrected chi connectivity index (χ0v) is 17.5. The van der Waals surface area contributed by atoms with Gasteiger partial charge in [0.15, 0.2) is 11.5 Å². The fourth-order valence-corrected chi connectivity index (χ4v) is 4.78. The molecule has 0 aliphatic carbocycles. The molecule has 0 aliphatic rings. The molecule has 0 saturated carbocycles. The lowest BCUT2D eigenvalue weighted by molar-refractivity contribution is -0.385. The number of carbonyl (C=O) groups is 1. The maximum absolute atomic E-state index is 12.9. The number of amides is 1. The molecule has 1 amide bonds. The van der Waals surface area contributed by atoms with Crippen LogP contribution in [-0.2, 0) is 0 Å². The minimum atomic E-state index is -0.625. The Morgan fingerprint density at radius 2 is 1.87 bits per heavy atom. The van der Waals surface area contributed by atoms with Crippen molar-refractivity contribution in [2.75, 3.05) is 19.5 Å². The molecule has 4 aromatic rings. The molecule has 0 fully saturated rings. The first kappa shape index (κ1) is 19.8. The molecule has 0 saturated heterocycles. The number of rotatable bonds is 6. The van der Waals surface area contributed by atoms with Gasteiger partial charge in [0.2, 0.25) is 0 Å². The van der Waals surface area contributed by atoms with Gasteiger partial charge in [-0.15, -0.1) is 22.7 Å². The molecule has 0 unspecified atom stereocenters. The van der Waals surface area contributed by atoms with E-state index in [9.17, 15) is 14.9 Å². The van der Waals surface area contributed by atoms with Crippen LogP contribution in [0.5, 0.6) is 11.5 Å². The van der Waals surface area contributed by atoms with Gasteiger partial charge >= 0.3 is 0 Å². The van der Waals surface area contributed by atoms with E-state index < -0.39 is 10.8 Å². The van der Waals surface area contributed by atoms with E-state index in [-0.39, 0.29) is 22.7 Å². The van der Waals surface area contributed by atoms with Crippen molar-refractivity contribution in [1.29, 1.82) is 0 Å². The van der Waals surface area contributed by atoms with Crippen molar-refractivity contribution in [3.05, 3.63) is 63.5 Å². The monoisotopic (exact) mass is 441 g/mol. The first-order valence-corrected chi connectivity index (χ1v) is 10.4. The molecule has 152 valence electrons. The lowest BCUT2D eigenvalue weighted by Crippen LogP contribution is -2.14.